The molecule has 2 aromatic carbocycles. The van der Waals surface area contributed by atoms with Crippen LogP contribution in [-0.4, -0.2) is 44.2 Å². The molecular weight excluding hydrogens is 382 g/mol. The predicted molar refractivity (Wildman–Crippen MR) is 114 cm³/mol. The van der Waals surface area contributed by atoms with E-state index in [4.69, 9.17) is 9.47 Å². The first-order valence-electron chi connectivity index (χ1n) is 9.86. The lowest BCUT2D eigenvalue weighted by molar-refractivity contribution is -0.139. The van der Waals surface area contributed by atoms with E-state index < -0.39 is 12.0 Å². The van der Waals surface area contributed by atoms with Gasteiger partial charge in [0.05, 0.1) is 25.3 Å². The first-order chi connectivity index (χ1) is 14.5. The fourth-order valence-electron chi connectivity index (χ4n) is 3.48. The predicted octanol–water partition coefficient (Wildman–Crippen LogP) is 3.00. The first-order valence-corrected chi connectivity index (χ1v) is 9.86. The molecule has 2 N–H and O–H groups in total. The molecule has 7 nitrogen and oxygen atoms in total. The van der Waals surface area contributed by atoms with Gasteiger partial charge in [-0.1, -0.05) is 42.5 Å². The van der Waals surface area contributed by atoms with E-state index in [9.17, 15) is 9.59 Å². The second-order valence-electron chi connectivity index (χ2n) is 7.08. The van der Waals surface area contributed by atoms with Crippen molar-refractivity contribution in [1.29, 1.82) is 0 Å². The molecule has 30 heavy (non-hydrogen) atoms. The maximum Gasteiger partial charge on any atom is 0.338 e. The van der Waals surface area contributed by atoms with E-state index in [1.165, 1.54) is 0 Å². The number of esters is 1. The van der Waals surface area contributed by atoms with Crippen LogP contribution in [-0.2, 0) is 16.1 Å². The summed E-state index contributed by atoms with van der Waals surface area (Å²) >= 11 is 0. The number of ether oxygens (including phenoxy) is 2. The largest absolute Gasteiger partial charge is 0.497 e. The number of carbonyl (C=O) groups excluding carboxylic acids is 2. The Morgan fingerprint density at radius 2 is 1.87 bits per heavy atom. The Balaban J connectivity index is 1.95. The van der Waals surface area contributed by atoms with Crippen molar-refractivity contribution in [3.8, 4) is 5.75 Å². The quantitative estimate of drug-likeness (QED) is 0.655. The third kappa shape index (κ3) is 5.18. The number of hydrogen-bond acceptors (Lipinski definition) is 5. The second-order valence-corrected chi connectivity index (χ2v) is 7.08. The molecular formula is C23H27N3O4. The molecule has 0 saturated heterocycles. The molecule has 0 radical (unpaired) electrons. The summed E-state index contributed by atoms with van der Waals surface area (Å²) in [6, 6.07) is 16.3. The first kappa shape index (κ1) is 21.4. The van der Waals surface area contributed by atoms with Crippen LogP contribution in [0.1, 0.15) is 24.1 Å². The summed E-state index contributed by atoms with van der Waals surface area (Å²) in [5.74, 6) is 0.187. The molecule has 2 aromatic rings. The zero-order valence-corrected chi connectivity index (χ0v) is 17.5. The van der Waals surface area contributed by atoms with E-state index in [1.54, 1.807) is 20.1 Å². The van der Waals surface area contributed by atoms with Crippen molar-refractivity contribution >= 4 is 12.0 Å². The average molecular weight is 409 g/mol. The molecule has 0 bridgehead atoms. The third-order valence-electron chi connectivity index (χ3n) is 4.80. The fourth-order valence-corrected chi connectivity index (χ4v) is 3.48. The van der Waals surface area contributed by atoms with Crippen molar-refractivity contribution in [2.75, 3.05) is 27.3 Å². The summed E-state index contributed by atoms with van der Waals surface area (Å²) in [6.07, 6.45) is 0. The maximum atomic E-state index is 12.9. The van der Waals surface area contributed by atoms with E-state index in [1.807, 2.05) is 60.5 Å². The monoisotopic (exact) mass is 409 g/mol. The van der Waals surface area contributed by atoms with Crippen molar-refractivity contribution in [1.82, 2.24) is 15.5 Å². The van der Waals surface area contributed by atoms with Gasteiger partial charge in [-0.25, -0.2) is 9.59 Å². The van der Waals surface area contributed by atoms with Gasteiger partial charge < -0.3 is 20.1 Å². The number of nitrogens with one attached hydrogen (secondary N) is 2. The lowest BCUT2D eigenvalue weighted by Crippen LogP contribution is -2.48. The standard InChI is InChI=1S/C23H27N3O4/c1-4-30-22(27)20-19(15-26(2)14-16-9-6-5-7-10-16)24-23(28)25-21(20)17-11-8-12-18(13-17)29-3/h5-13,21H,4,14-15H2,1-3H3,(H2,24,25,28)/t21-/m1/s1. The number of benzene rings is 2. The number of rotatable bonds is 8. The molecule has 3 rings (SSSR count). The SMILES string of the molecule is CCOC(=O)C1=C(CN(C)Cc2ccccc2)NC(=O)N[C@@H]1c1cccc(OC)c1. The Morgan fingerprint density at radius 1 is 1.10 bits per heavy atom. The van der Waals surface area contributed by atoms with Gasteiger partial charge >= 0.3 is 12.0 Å². The third-order valence-corrected chi connectivity index (χ3v) is 4.80. The highest BCUT2D eigenvalue weighted by Crippen LogP contribution is 2.30. The minimum Gasteiger partial charge on any atom is -0.497 e. The van der Waals surface area contributed by atoms with Crippen LogP contribution in [0.3, 0.4) is 0 Å². The van der Waals surface area contributed by atoms with E-state index in [2.05, 4.69) is 10.6 Å². The highest BCUT2D eigenvalue weighted by atomic mass is 16.5. The topological polar surface area (TPSA) is 79.9 Å². The number of methoxy groups -OCH3 is 1. The Labute approximate surface area is 176 Å². The van der Waals surface area contributed by atoms with Crippen molar-refractivity contribution in [2.24, 2.45) is 0 Å². The van der Waals surface area contributed by atoms with E-state index in [0.29, 0.717) is 30.1 Å². The number of hydrogen-bond donors (Lipinski definition) is 2. The van der Waals surface area contributed by atoms with Crippen molar-refractivity contribution in [3.63, 3.8) is 0 Å². The van der Waals surface area contributed by atoms with E-state index in [0.717, 1.165) is 11.1 Å². The second kappa shape index (κ2) is 9.93. The summed E-state index contributed by atoms with van der Waals surface area (Å²) in [7, 11) is 3.52. The van der Waals surface area contributed by atoms with E-state index in [-0.39, 0.29) is 12.6 Å². The van der Waals surface area contributed by atoms with Gasteiger partial charge in [0.1, 0.15) is 5.75 Å². The Bertz CT molecular complexity index is 927. The van der Waals surface area contributed by atoms with Crippen LogP contribution >= 0.6 is 0 Å². The molecule has 0 aliphatic carbocycles. The lowest BCUT2D eigenvalue weighted by Gasteiger charge is -2.31. The van der Waals surface area contributed by atoms with Crippen LogP contribution in [0, 0.1) is 0 Å². The fraction of sp³-hybridized carbons (Fsp3) is 0.304. The molecule has 158 valence electrons. The van der Waals surface area contributed by atoms with Gasteiger partial charge in [-0.3, -0.25) is 4.90 Å². The van der Waals surface area contributed by atoms with Crippen LogP contribution in [0.2, 0.25) is 0 Å². The molecule has 0 aromatic heterocycles. The van der Waals surface area contributed by atoms with Gasteiger partial charge in [0.2, 0.25) is 0 Å². The van der Waals surface area contributed by atoms with Crippen molar-refractivity contribution < 1.29 is 19.1 Å². The van der Waals surface area contributed by atoms with Gasteiger partial charge in [0, 0.05) is 18.8 Å². The summed E-state index contributed by atoms with van der Waals surface area (Å²) in [6.45, 7) is 3.06. The van der Waals surface area contributed by atoms with Crippen LogP contribution in [0.4, 0.5) is 4.79 Å². The smallest absolute Gasteiger partial charge is 0.338 e. The maximum absolute atomic E-state index is 12.9. The van der Waals surface area contributed by atoms with Crippen molar-refractivity contribution in [2.45, 2.75) is 19.5 Å². The van der Waals surface area contributed by atoms with Gasteiger partial charge in [-0.05, 0) is 37.2 Å². The normalized spacial score (nSPS) is 16.1. The average Bonchev–Trinajstić information content (AvgIpc) is 2.74. The highest BCUT2D eigenvalue weighted by molar-refractivity contribution is 5.95. The van der Waals surface area contributed by atoms with Gasteiger partial charge in [-0.15, -0.1) is 0 Å². The molecule has 1 aliphatic heterocycles. The van der Waals surface area contributed by atoms with E-state index >= 15 is 0 Å². The van der Waals surface area contributed by atoms with Gasteiger partial charge in [0.25, 0.3) is 0 Å². The number of amides is 2. The molecule has 0 saturated carbocycles. The lowest BCUT2D eigenvalue weighted by atomic mass is 9.94. The molecule has 2 amide bonds. The molecule has 0 fully saturated rings. The number of urea groups is 1. The molecule has 0 spiro atoms. The molecule has 1 heterocycles. The van der Waals surface area contributed by atoms with Crippen molar-refractivity contribution in [3.05, 3.63) is 77.0 Å². The summed E-state index contributed by atoms with van der Waals surface area (Å²) in [5.41, 5.74) is 2.81. The van der Waals surface area contributed by atoms with Gasteiger partial charge in [-0.2, -0.15) is 0 Å². The summed E-state index contributed by atoms with van der Waals surface area (Å²) in [5, 5.41) is 5.65. The number of nitrogens with zero attached hydrogens (tertiary/aromatic N) is 1. The van der Waals surface area contributed by atoms with Crippen LogP contribution < -0.4 is 15.4 Å². The Hall–Kier alpha value is -3.32. The molecule has 1 aliphatic rings. The Kier molecular flexibility index (Phi) is 7.08. The Morgan fingerprint density at radius 3 is 2.57 bits per heavy atom. The number of carbonyl (C=O) groups is 2. The van der Waals surface area contributed by atoms with Crippen LogP contribution in [0.15, 0.2) is 65.9 Å². The zero-order chi connectivity index (χ0) is 21.5. The molecule has 0 unspecified atom stereocenters. The van der Waals surface area contributed by atoms with Crippen LogP contribution in [0.5, 0.6) is 5.75 Å². The summed E-state index contributed by atoms with van der Waals surface area (Å²) < 4.78 is 10.6. The zero-order valence-electron chi connectivity index (χ0n) is 17.5. The minimum absolute atomic E-state index is 0.244. The minimum atomic E-state index is -0.631. The highest BCUT2D eigenvalue weighted by Gasteiger charge is 2.34. The summed E-state index contributed by atoms with van der Waals surface area (Å²) in [4.78, 5) is 27.3. The molecule has 1 atom stereocenters. The van der Waals surface area contributed by atoms with Crippen LogP contribution in [0.25, 0.3) is 0 Å². The van der Waals surface area contributed by atoms with Gasteiger partial charge in [0.15, 0.2) is 0 Å². The number of likely N-dealkylation sites (N-methyl/N-ethyl adjacent to an activating group) is 1. The molecule has 7 heteroatoms.